The van der Waals surface area contributed by atoms with E-state index in [-0.39, 0.29) is 11.8 Å². The topological polar surface area (TPSA) is 89.7 Å². The molecule has 3 aromatic rings. The van der Waals surface area contributed by atoms with Gasteiger partial charge in [-0.3, -0.25) is 4.79 Å². The Morgan fingerprint density at radius 2 is 2.07 bits per heavy atom. The lowest BCUT2D eigenvalue weighted by molar-refractivity contribution is 0.0703. The van der Waals surface area contributed by atoms with Gasteiger partial charge >= 0.3 is 0 Å². The molecule has 4 rings (SSSR count). The van der Waals surface area contributed by atoms with Crippen molar-refractivity contribution in [2.24, 2.45) is 7.05 Å². The molecule has 1 aliphatic rings. The Morgan fingerprint density at radius 1 is 1.21 bits per heavy atom. The van der Waals surface area contributed by atoms with Crippen molar-refractivity contribution in [2.45, 2.75) is 32.6 Å². The van der Waals surface area contributed by atoms with Crippen LogP contribution in [0.2, 0.25) is 0 Å². The molecular weight excluding hydrogens is 354 g/mol. The molecule has 0 saturated carbocycles. The zero-order chi connectivity index (χ0) is 19.7. The van der Waals surface area contributed by atoms with E-state index in [1.165, 1.54) is 6.33 Å². The van der Waals surface area contributed by atoms with Crippen molar-refractivity contribution in [1.29, 1.82) is 0 Å². The number of imidazole rings is 1. The van der Waals surface area contributed by atoms with Gasteiger partial charge in [0.15, 0.2) is 5.82 Å². The molecule has 0 radical (unpaired) electrons. The third-order valence-electron chi connectivity index (χ3n) is 5.14. The van der Waals surface area contributed by atoms with Crippen LogP contribution in [0.5, 0.6) is 0 Å². The van der Waals surface area contributed by atoms with Gasteiger partial charge in [0.1, 0.15) is 17.8 Å². The van der Waals surface area contributed by atoms with E-state index in [0.717, 1.165) is 42.4 Å². The van der Waals surface area contributed by atoms with E-state index in [4.69, 9.17) is 4.98 Å². The van der Waals surface area contributed by atoms with E-state index in [0.29, 0.717) is 17.8 Å². The molecule has 0 N–H and O–H groups in total. The first kappa shape index (κ1) is 18.2. The third kappa shape index (κ3) is 3.49. The molecular formula is C20H23N7O. The molecule has 1 saturated heterocycles. The Hall–Kier alpha value is -3.16. The summed E-state index contributed by atoms with van der Waals surface area (Å²) in [6, 6.07) is 1.95. The molecule has 0 aromatic carbocycles. The minimum atomic E-state index is -0.0280. The van der Waals surface area contributed by atoms with E-state index in [9.17, 15) is 4.79 Å². The maximum absolute atomic E-state index is 13.0. The lowest BCUT2D eigenvalue weighted by atomic mass is 9.96. The van der Waals surface area contributed by atoms with E-state index in [1.807, 2.05) is 42.6 Å². The molecule has 0 spiro atoms. The van der Waals surface area contributed by atoms with Gasteiger partial charge < -0.3 is 9.47 Å². The van der Waals surface area contributed by atoms with Crippen LogP contribution >= 0.6 is 0 Å². The number of hydrogen-bond donors (Lipinski definition) is 0. The van der Waals surface area contributed by atoms with Gasteiger partial charge in [0.05, 0.1) is 11.3 Å². The highest BCUT2D eigenvalue weighted by Gasteiger charge is 2.28. The smallest absolute Gasteiger partial charge is 0.257 e. The summed E-state index contributed by atoms with van der Waals surface area (Å²) in [4.78, 5) is 36.8. The maximum atomic E-state index is 13.0. The second kappa shape index (κ2) is 7.46. The van der Waals surface area contributed by atoms with E-state index >= 15 is 0 Å². The quantitative estimate of drug-likeness (QED) is 0.696. The Bertz CT molecular complexity index is 1010. The largest absolute Gasteiger partial charge is 0.338 e. The number of piperidine rings is 1. The molecule has 4 heterocycles. The highest BCUT2D eigenvalue weighted by Crippen LogP contribution is 2.27. The van der Waals surface area contributed by atoms with Gasteiger partial charge in [-0.05, 0) is 32.8 Å². The molecule has 3 aromatic heterocycles. The normalized spacial score (nSPS) is 17.0. The number of carbonyl (C=O) groups is 1. The fraction of sp³-hybridized carbons (Fsp3) is 0.400. The van der Waals surface area contributed by atoms with Crippen LogP contribution in [0.3, 0.4) is 0 Å². The number of nitrogens with zero attached hydrogens (tertiary/aromatic N) is 7. The number of rotatable bonds is 3. The van der Waals surface area contributed by atoms with Gasteiger partial charge in [-0.25, -0.2) is 24.9 Å². The summed E-state index contributed by atoms with van der Waals surface area (Å²) in [5, 5.41) is 0. The number of carbonyl (C=O) groups excluding carboxylic acids is 1. The zero-order valence-electron chi connectivity index (χ0n) is 16.3. The van der Waals surface area contributed by atoms with Gasteiger partial charge in [0, 0.05) is 50.3 Å². The molecule has 1 unspecified atom stereocenters. The summed E-state index contributed by atoms with van der Waals surface area (Å²) in [5.41, 5.74) is 2.97. The number of amides is 1. The minimum absolute atomic E-state index is 0.0280. The molecule has 8 nitrogen and oxygen atoms in total. The fourth-order valence-electron chi connectivity index (χ4n) is 3.64. The molecule has 0 aliphatic carbocycles. The van der Waals surface area contributed by atoms with E-state index in [2.05, 4.69) is 19.9 Å². The Labute approximate surface area is 163 Å². The van der Waals surface area contributed by atoms with Gasteiger partial charge in [0.2, 0.25) is 0 Å². The van der Waals surface area contributed by atoms with Crippen molar-refractivity contribution in [3.63, 3.8) is 0 Å². The Balaban J connectivity index is 1.60. The molecule has 144 valence electrons. The lowest BCUT2D eigenvalue weighted by Gasteiger charge is -2.32. The number of hydrogen-bond acceptors (Lipinski definition) is 6. The van der Waals surface area contributed by atoms with Crippen LogP contribution in [0.1, 0.15) is 46.3 Å². The molecule has 1 aliphatic heterocycles. The van der Waals surface area contributed by atoms with E-state index < -0.39 is 0 Å². The number of aryl methyl sites for hydroxylation is 3. The molecule has 28 heavy (non-hydrogen) atoms. The van der Waals surface area contributed by atoms with Crippen LogP contribution in [0.25, 0.3) is 11.5 Å². The SMILES string of the molecule is Cc1cc(-c2nccn2C)nc(C2CCCN(C(=O)c3cncnc3C)C2)n1. The lowest BCUT2D eigenvalue weighted by Crippen LogP contribution is -2.40. The average molecular weight is 377 g/mol. The molecule has 1 amide bonds. The van der Waals surface area contributed by atoms with Gasteiger partial charge in [-0.1, -0.05) is 0 Å². The van der Waals surface area contributed by atoms with Gasteiger partial charge in [0.25, 0.3) is 5.91 Å². The van der Waals surface area contributed by atoms with Gasteiger partial charge in [-0.2, -0.15) is 0 Å². The third-order valence-corrected chi connectivity index (χ3v) is 5.14. The van der Waals surface area contributed by atoms with Crippen LogP contribution < -0.4 is 0 Å². The van der Waals surface area contributed by atoms with Gasteiger partial charge in [-0.15, -0.1) is 0 Å². The fourth-order valence-corrected chi connectivity index (χ4v) is 3.64. The Morgan fingerprint density at radius 3 is 2.82 bits per heavy atom. The Kier molecular flexibility index (Phi) is 4.85. The highest BCUT2D eigenvalue weighted by molar-refractivity contribution is 5.95. The van der Waals surface area contributed by atoms with Crippen molar-refractivity contribution in [3.8, 4) is 11.5 Å². The summed E-state index contributed by atoms with van der Waals surface area (Å²) < 4.78 is 1.94. The van der Waals surface area contributed by atoms with Crippen molar-refractivity contribution in [2.75, 3.05) is 13.1 Å². The monoisotopic (exact) mass is 377 g/mol. The second-order valence-corrected chi connectivity index (χ2v) is 7.23. The predicted molar refractivity (Wildman–Crippen MR) is 104 cm³/mol. The summed E-state index contributed by atoms with van der Waals surface area (Å²) >= 11 is 0. The summed E-state index contributed by atoms with van der Waals surface area (Å²) in [5.74, 6) is 1.66. The van der Waals surface area contributed by atoms with Crippen molar-refractivity contribution in [1.82, 2.24) is 34.4 Å². The molecule has 0 bridgehead atoms. The number of aromatic nitrogens is 6. The first-order valence-corrected chi connectivity index (χ1v) is 9.42. The van der Waals surface area contributed by atoms with Crippen LogP contribution in [0.4, 0.5) is 0 Å². The predicted octanol–water partition coefficient (Wildman–Crippen LogP) is 2.30. The van der Waals surface area contributed by atoms with Crippen molar-refractivity contribution >= 4 is 5.91 Å². The molecule has 8 heteroatoms. The van der Waals surface area contributed by atoms with Crippen LogP contribution in [0, 0.1) is 13.8 Å². The summed E-state index contributed by atoms with van der Waals surface area (Å²) in [6.45, 7) is 5.12. The summed E-state index contributed by atoms with van der Waals surface area (Å²) in [7, 11) is 1.95. The van der Waals surface area contributed by atoms with Crippen LogP contribution in [-0.4, -0.2) is 53.4 Å². The number of likely N-dealkylation sites (tertiary alicyclic amines) is 1. The van der Waals surface area contributed by atoms with E-state index in [1.54, 1.807) is 12.4 Å². The maximum Gasteiger partial charge on any atom is 0.257 e. The first-order chi connectivity index (χ1) is 13.5. The minimum Gasteiger partial charge on any atom is -0.338 e. The molecule has 1 atom stereocenters. The summed E-state index contributed by atoms with van der Waals surface area (Å²) in [6.07, 6.45) is 8.59. The average Bonchev–Trinajstić information content (AvgIpc) is 3.13. The first-order valence-electron chi connectivity index (χ1n) is 9.42. The second-order valence-electron chi connectivity index (χ2n) is 7.23. The van der Waals surface area contributed by atoms with Crippen LogP contribution in [-0.2, 0) is 7.05 Å². The van der Waals surface area contributed by atoms with Crippen LogP contribution in [0.15, 0.2) is 31.0 Å². The molecule has 1 fully saturated rings. The standard InChI is InChI=1S/C20H23N7O/c1-13-9-17(19-22-6-8-26(19)3)25-18(24-13)15-5-4-7-27(11-15)20(28)16-10-21-12-23-14(16)2/h6,8-10,12,15H,4-5,7,11H2,1-3H3. The highest BCUT2D eigenvalue weighted by atomic mass is 16.2. The van der Waals surface area contributed by atoms with Crippen molar-refractivity contribution in [3.05, 3.63) is 53.8 Å². The van der Waals surface area contributed by atoms with Crippen molar-refractivity contribution < 1.29 is 4.79 Å². The zero-order valence-corrected chi connectivity index (χ0v) is 16.3.